The van der Waals surface area contributed by atoms with E-state index in [-0.39, 0.29) is 10.9 Å². The van der Waals surface area contributed by atoms with Gasteiger partial charge in [-0.25, -0.2) is 4.39 Å². The van der Waals surface area contributed by atoms with Gasteiger partial charge in [0.2, 0.25) is 0 Å². The first kappa shape index (κ1) is 10.7. The van der Waals surface area contributed by atoms with Crippen molar-refractivity contribution in [2.75, 3.05) is 0 Å². The average Bonchev–Trinajstić information content (AvgIpc) is 2.17. The quantitative estimate of drug-likeness (QED) is 0.694. The number of pyridine rings is 1. The summed E-state index contributed by atoms with van der Waals surface area (Å²) in [5.41, 5.74) is -1.96. The molecule has 2 nitrogen and oxygen atoms in total. The molecule has 2 rings (SSSR count). The van der Waals surface area contributed by atoms with E-state index in [9.17, 15) is 22.4 Å². The number of benzene rings is 1. The summed E-state index contributed by atoms with van der Waals surface area (Å²) in [6.07, 6.45) is -4.49. The number of alkyl halides is 3. The predicted octanol–water partition coefficient (Wildman–Crippen LogP) is 2.69. The maximum atomic E-state index is 12.8. The second-order valence-electron chi connectivity index (χ2n) is 3.25. The van der Waals surface area contributed by atoms with Crippen molar-refractivity contribution in [3.8, 4) is 0 Å². The van der Waals surface area contributed by atoms with E-state index < -0.39 is 23.1 Å². The Morgan fingerprint density at radius 1 is 1.12 bits per heavy atom. The molecule has 0 atom stereocenters. The van der Waals surface area contributed by atoms with Crippen LogP contribution in [-0.2, 0) is 6.18 Å². The highest BCUT2D eigenvalue weighted by Crippen LogP contribution is 2.30. The molecule has 0 aliphatic rings. The number of hydrogen-bond acceptors (Lipinski definition) is 1. The zero-order chi connectivity index (χ0) is 11.9. The van der Waals surface area contributed by atoms with Crippen LogP contribution in [-0.4, -0.2) is 4.98 Å². The SMILES string of the molecule is O=c1[nH]c2cc(C(F)(F)F)ccc2cc1F. The third kappa shape index (κ3) is 1.78. The Kier molecular flexibility index (Phi) is 2.22. The zero-order valence-corrected chi connectivity index (χ0v) is 7.73. The lowest BCUT2D eigenvalue weighted by molar-refractivity contribution is -0.137. The first-order chi connectivity index (χ1) is 7.38. The van der Waals surface area contributed by atoms with Gasteiger partial charge in [-0.3, -0.25) is 4.79 Å². The molecule has 0 radical (unpaired) electrons. The van der Waals surface area contributed by atoms with Crippen molar-refractivity contribution in [1.82, 2.24) is 4.98 Å². The molecule has 0 unspecified atom stereocenters. The molecule has 1 aromatic heterocycles. The first-order valence-electron chi connectivity index (χ1n) is 4.28. The molecule has 0 bridgehead atoms. The Morgan fingerprint density at radius 2 is 1.81 bits per heavy atom. The summed E-state index contributed by atoms with van der Waals surface area (Å²) >= 11 is 0. The van der Waals surface area contributed by atoms with Gasteiger partial charge in [0.15, 0.2) is 5.82 Å². The van der Waals surface area contributed by atoms with Crippen LogP contribution in [0.4, 0.5) is 17.6 Å². The fourth-order valence-corrected chi connectivity index (χ4v) is 1.35. The molecule has 1 N–H and O–H groups in total. The molecule has 0 aliphatic carbocycles. The van der Waals surface area contributed by atoms with Gasteiger partial charge in [0.1, 0.15) is 0 Å². The standard InChI is InChI=1S/C10H5F4NO/c11-7-3-5-1-2-6(10(12,13)14)4-8(5)15-9(7)16/h1-4H,(H,15,16). The van der Waals surface area contributed by atoms with E-state index in [2.05, 4.69) is 0 Å². The van der Waals surface area contributed by atoms with Crippen LogP contribution in [0.15, 0.2) is 29.1 Å². The lowest BCUT2D eigenvalue weighted by Crippen LogP contribution is -2.11. The first-order valence-corrected chi connectivity index (χ1v) is 4.28. The summed E-state index contributed by atoms with van der Waals surface area (Å²) in [6, 6.07) is 3.61. The Labute approximate surface area is 86.5 Å². The van der Waals surface area contributed by atoms with E-state index in [0.717, 1.165) is 24.3 Å². The van der Waals surface area contributed by atoms with Crippen LogP contribution < -0.4 is 5.56 Å². The second-order valence-corrected chi connectivity index (χ2v) is 3.25. The van der Waals surface area contributed by atoms with Crippen LogP contribution in [0.2, 0.25) is 0 Å². The minimum atomic E-state index is -4.49. The van der Waals surface area contributed by atoms with Crippen LogP contribution in [0.1, 0.15) is 5.56 Å². The largest absolute Gasteiger partial charge is 0.416 e. The number of rotatable bonds is 0. The molecule has 84 valence electrons. The summed E-state index contributed by atoms with van der Waals surface area (Å²) in [6.45, 7) is 0. The van der Waals surface area contributed by atoms with E-state index in [1.807, 2.05) is 4.98 Å². The maximum absolute atomic E-state index is 12.8. The summed E-state index contributed by atoms with van der Waals surface area (Å²) in [5, 5.41) is 0.213. The van der Waals surface area contributed by atoms with E-state index in [1.54, 1.807) is 0 Å². The van der Waals surface area contributed by atoms with E-state index in [0.29, 0.717) is 0 Å². The van der Waals surface area contributed by atoms with Gasteiger partial charge < -0.3 is 4.98 Å². The van der Waals surface area contributed by atoms with Gasteiger partial charge in [-0.15, -0.1) is 0 Å². The molecule has 0 saturated heterocycles. The predicted molar refractivity (Wildman–Crippen MR) is 49.5 cm³/mol. The van der Waals surface area contributed by atoms with Crippen LogP contribution in [0.3, 0.4) is 0 Å². The van der Waals surface area contributed by atoms with Gasteiger partial charge in [0, 0.05) is 10.9 Å². The normalized spacial score (nSPS) is 12.0. The van der Waals surface area contributed by atoms with Crippen molar-refractivity contribution in [3.63, 3.8) is 0 Å². The maximum Gasteiger partial charge on any atom is 0.416 e. The van der Waals surface area contributed by atoms with E-state index in [4.69, 9.17) is 0 Å². The molecule has 0 fully saturated rings. The van der Waals surface area contributed by atoms with Crippen molar-refractivity contribution < 1.29 is 17.6 Å². The second kappa shape index (κ2) is 3.33. The summed E-state index contributed by atoms with van der Waals surface area (Å²) in [4.78, 5) is 12.9. The molecular weight excluding hydrogens is 226 g/mol. The van der Waals surface area contributed by atoms with Gasteiger partial charge in [-0.2, -0.15) is 13.2 Å². The van der Waals surface area contributed by atoms with Crippen molar-refractivity contribution in [2.24, 2.45) is 0 Å². The Balaban J connectivity index is 2.72. The fourth-order valence-electron chi connectivity index (χ4n) is 1.35. The number of hydrogen-bond donors (Lipinski definition) is 1. The minimum absolute atomic E-state index is 0.0405. The summed E-state index contributed by atoms with van der Waals surface area (Å²) in [7, 11) is 0. The molecule has 0 saturated carbocycles. The molecule has 16 heavy (non-hydrogen) atoms. The molecule has 0 amide bonds. The number of nitrogens with one attached hydrogen (secondary N) is 1. The lowest BCUT2D eigenvalue weighted by Gasteiger charge is -2.07. The van der Waals surface area contributed by atoms with Crippen LogP contribution >= 0.6 is 0 Å². The molecule has 0 aliphatic heterocycles. The van der Waals surface area contributed by atoms with Gasteiger partial charge in [-0.1, -0.05) is 6.07 Å². The molecule has 2 aromatic rings. The van der Waals surface area contributed by atoms with Crippen molar-refractivity contribution in [3.05, 3.63) is 46.0 Å². The van der Waals surface area contributed by atoms with E-state index >= 15 is 0 Å². The minimum Gasteiger partial charge on any atom is -0.319 e. The third-order valence-corrected chi connectivity index (χ3v) is 2.13. The third-order valence-electron chi connectivity index (χ3n) is 2.13. The molecule has 1 heterocycles. The Bertz CT molecular complexity index is 600. The van der Waals surface area contributed by atoms with Crippen LogP contribution in [0.25, 0.3) is 10.9 Å². The summed E-state index contributed by atoms with van der Waals surface area (Å²) < 4.78 is 49.8. The smallest absolute Gasteiger partial charge is 0.319 e. The monoisotopic (exact) mass is 231 g/mol. The number of H-pyrrole nitrogens is 1. The lowest BCUT2D eigenvalue weighted by atomic mass is 10.1. The number of halogens is 4. The van der Waals surface area contributed by atoms with Gasteiger partial charge >= 0.3 is 6.18 Å². The van der Waals surface area contributed by atoms with E-state index in [1.165, 1.54) is 0 Å². The van der Waals surface area contributed by atoms with Crippen LogP contribution in [0.5, 0.6) is 0 Å². The van der Waals surface area contributed by atoms with Crippen molar-refractivity contribution in [2.45, 2.75) is 6.18 Å². The number of fused-ring (bicyclic) bond motifs is 1. The van der Waals surface area contributed by atoms with Gasteiger partial charge in [-0.05, 0) is 18.2 Å². The molecule has 1 aromatic carbocycles. The highest BCUT2D eigenvalue weighted by molar-refractivity contribution is 5.79. The number of aromatic amines is 1. The fraction of sp³-hybridized carbons (Fsp3) is 0.100. The molecule has 0 spiro atoms. The average molecular weight is 231 g/mol. The molecular formula is C10H5F4NO. The zero-order valence-electron chi connectivity index (χ0n) is 7.73. The Morgan fingerprint density at radius 3 is 2.44 bits per heavy atom. The van der Waals surface area contributed by atoms with Crippen molar-refractivity contribution >= 4 is 10.9 Å². The topological polar surface area (TPSA) is 32.9 Å². The number of aromatic nitrogens is 1. The van der Waals surface area contributed by atoms with Gasteiger partial charge in [0.25, 0.3) is 5.56 Å². The highest BCUT2D eigenvalue weighted by atomic mass is 19.4. The van der Waals surface area contributed by atoms with Gasteiger partial charge in [0.05, 0.1) is 5.56 Å². The van der Waals surface area contributed by atoms with Crippen LogP contribution in [0, 0.1) is 5.82 Å². The summed E-state index contributed by atoms with van der Waals surface area (Å²) in [5.74, 6) is -1.02. The molecule has 6 heteroatoms. The highest BCUT2D eigenvalue weighted by Gasteiger charge is 2.30. The van der Waals surface area contributed by atoms with Crippen molar-refractivity contribution in [1.29, 1.82) is 0 Å². The Hall–Kier alpha value is -1.85.